The molecule has 10 rings (SSSR count). The lowest BCUT2D eigenvalue weighted by Gasteiger charge is -2.39. The first-order valence-electron chi connectivity index (χ1n) is 37.0. The van der Waals surface area contributed by atoms with E-state index in [4.69, 9.17) is 15.2 Å². The summed E-state index contributed by atoms with van der Waals surface area (Å²) >= 11 is 1.55. The number of benzene rings is 3. The largest absolute Gasteiger partial charge is 0.488 e. The molecular formula is C77H103FN12O14S. The molecule has 1 saturated carbocycles. The van der Waals surface area contributed by atoms with Gasteiger partial charge in [-0.1, -0.05) is 69.7 Å². The Hall–Kier alpha value is -9.05. The first kappa shape index (κ1) is 78.5. The summed E-state index contributed by atoms with van der Waals surface area (Å²) in [6, 6.07) is 11.6. The Kier molecular flexibility index (Phi) is 25.4. The summed E-state index contributed by atoms with van der Waals surface area (Å²) in [5.41, 5.74) is 10.9. The number of nitrogens with zero attached hydrogens (tertiary/aromatic N) is 6. The second-order valence-electron chi connectivity index (χ2n) is 31.3. The number of nitrogens with two attached hydrogens (primary N) is 1. The van der Waals surface area contributed by atoms with Gasteiger partial charge in [0.1, 0.15) is 42.4 Å². The van der Waals surface area contributed by atoms with Crippen LogP contribution >= 0.6 is 11.3 Å². The molecule has 1 aliphatic carbocycles. The monoisotopic (exact) mass is 1470 g/mol. The number of aromatic nitrogens is 3. The molecule has 8 N–H and O–H groups in total. The molecule has 6 heterocycles. The molecule has 26 nitrogen and oxygen atoms in total. The predicted octanol–water partition coefficient (Wildman–Crippen LogP) is 7.42. The van der Waals surface area contributed by atoms with Crippen LogP contribution in [0.1, 0.15) is 192 Å². The summed E-state index contributed by atoms with van der Waals surface area (Å²) in [6.07, 6.45) is 5.65. The lowest BCUT2D eigenvalue weighted by atomic mass is 9.78. The molecule has 2 aromatic heterocycles. The zero-order chi connectivity index (χ0) is 75.8. The Morgan fingerprint density at radius 3 is 2.23 bits per heavy atom. The fraction of sp³-hybridized carbons (Fsp3) is 0.584. The van der Waals surface area contributed by atoms with Gasteiger partial charge in [0.25, 0.3) is 0 Å². The number of fused-ring (bicyclic) bond motifs is 2. The number of amides is 10. The number of aryl methyl sites for hydroxylation is 3. The number of imide groups is 1. The SMILES string of the molecule is Cc1ncsc1-c1ccc([C@H](C)NC(=O)[C@@H]2C[C@@H](O)CN2C(=O)[C@@H](NC(=O)CCCCCc2cccc(OC[C@H](CCC(N)=O)NC(=O)[C@@H]3CC[C@@H]4CCN(C(=O)CC5CCC(Cc6ccc7c(c6)n(C)c(=O)n7C6CCC(=O)NC6=O)CC5)C[C@H](NC(=O)OC(C)(C)C)C(=O)N43)c2F)C(C)(C)C)cc1. The molecule has 10 amide bonds. The summed E-state index contributed by atoms with van der Waals surface area (Å²) in [7, 11) is 1.67. The van der Waals surface area contributed by atoms with Gasteiger partial charge in [-0.05, 0) is 176 Å². The number of piperidine rings is 1. The van der Waals surface area contributed by atoms with Crippen molar-refractivity contribution in [3.63, 3.8) is 0 Å². The minimum Gasteiger partial charge on any atom is -0.488 e. The number of alkyl carbamates (subject to hydrolysis) is 1. The molecule has 4 saturated heterocycles. The molecule has 5 aromatic rings. The number of imidazole rings is 1. The van der Waals surface area contributed by atoms with Gasteiger partial charge in [-0.15, -0.1) is 11.3 Å². The van der Waals surface area contributed by atoms with Crippen molar-refractivity contribution in [1.82, 2.24) is 55.4 Å². The van der Waals surface area contributed by atoms with Crippen LogP contribution in [-0.2, 0) is 67.8 Å². The van der Waals surface area contributed by atoms with Crippen molar-refractivity contribution in [3.05, 3.63) is 105 Å². The molecule has 5 fully saturated rings. The molecule has 0 spiro atoms. The fourth-order valence-electron chi connectivity index (χ4n) is 15.4. The highest BCUT2D eigenvalue weighted by Crippen LogP contribution is 2.37. The number of primary amides is 1. The van der Waals surface area contributed by atoms with Crippen molar-refractivity contribution in [1.29, 1.82) is 0 Å². The molecule has 105 heavy (non-hydrogen) atoms. The Labute approximate surface area is 615 Å². The first-order valence-corrected chi connectivity index (χ1v) is 37.9. The predicted molar refractivity (Wildman–Crippen MR) is 391 cm³/mol. The summed E-state index contributed by atoms with van der Waals surface area (Å²) in [4.78, 5) is 159. The Bertz CT molecular complexity index is 4100. The summed E-state index contributed by atoms with van der Waals surface area (Å²) in [5, 5.41) is 24.8. The van der Waals surface area contributed by atoms with Crippen LogP contribution in [0.3, 0.4) is 0 Å². The highest BCUT2D eigenvalue weighted by Gasteiger charge is 2.48. The van der Waals surface area contributed by atoms with Gasteiger partial charge < -0.3 is 56.3 Å². The average Bonchev–Trinajstić information content (AvgIpc) is 1.62. The number of carbonyl (C=O) groups is 10. The second-order valence-corrected chi connectivity index (χ2v) is 32.2. The number of aliphatic hydroxyl groups is 1. The van der Waals surface area contributed by atoms with Crippen LogP contribution in [0.4, 0.5) is 9.18 Å². The van der Waals surface area contributed by atoms with Crippen molar-refractivity contribution in [2.24, 2.45) is 30.0 Å². The number of unbranched alkanes of at least 4 members (excludes halogenated alkanes) is 2. The van der Waals surface area contributed by atoms with Crippen LogP contribution in [0.2, 0.25) is 0 Å². The Morgan fingerprint density at radius 1 is 0.819 bits per heavy atom. The van der Waals surface area contributed by atoms with E-state index in [1.54, 1.807) is 61.7 Å². The molecule has 5 aliphatic rings. The average molecular weight is 1470 g/mol. The van der Waals surface area contributed by atoms with Gasteiger partial charge in [0.2, 0.25) is 53.2 Å². The van der Waals surface area contributed by atoms with Crippen LogP contribution in [0.25, 0.3) is 21.5 Å². The highest BCUT2D eigenvalue weighted by molar-refractivity contribution is 7.13. The zero-order valence-corrected chi connectivity index (χ0v) is 62.6. The lowest BCUT2D eigenvalue weighted by molar-refractivity contribution is -0.146. The molecule has 3 aromatic carbocycles. The van der Waals surface area contributed by atoms with E-state index >= 15 is 4.39 Å². The standard InChI is InChI=1S/C77H103FN12O14S/c1-44(49-23-25-51(26-24-49)67-45(2)80-43-105-67)81-71(98)60-39-54(91)40-88(60)73(100)68(76(3,4)5)84-63(93)17-12-10-11-14-50-15-13-16-61(66(50)78)103-42-52(27-32-62(79)92)82-69(96)57-30-28-53-34-35-87(41-55(72(99)89(53)57)83-74(101)104-77(6,7)8)65(95)38-47-20-18-46(19-21-47)36-48-22-29-56-59(37-48)86(9)75(102)90(56)58-31-33-64(94)85-70(58)97/h13,15-16,22-26,29,37,43-44,46-47,52-55,57-58,60,68,91H,10-12,14,17-21,27-28,30-36,38-42H2,1-9H3,(H2,79,92)(H,81,98)(H,82,96)(H,83,101)(H,84,93)(H,85,94,97)/t44-,46?,47?,52-,53+,54+,55-,57-,58?,60-,68+/m0/s1. The number of ether oxygens (including phenoxy) is 2. The third-order valence-electron chi connectivity index (χ3n) is 21.1. The van der Waals surface area contributed by atoms with Crippen molar-refractivity contribution < 1.29 is 66.9 Å². The molecule has 9 atom stereocenters. The maximum Gasteiger partial charge on any atom is 0.408 e. The Morgan fingerprint density at radius 2 is 1.54 bits per heavy atom. The van der Waals surface area contributed by atoms with Gasteiger partial charge in [-0.25, -0.2) is 19.0 Å². The number of aliphatic hydroxyl groups excluding tert-OH is 1. The van der Waals surface area contributed by atoms with E-state index in [2.05, 4.69) is 31.6 Å². The van der Waals surface area contributed by atoms with E-state index < -0.39 is 113 Å². The van der Waals surface area contributed by atoms with Gasteiger partial charge in [-0.2, -0.15) is 0 Å². The van der Waals surface area contributed by atoms with Gasteiger partial charge in [0.15, 0.2) is 11.6 Å². The van der Waals surface area contributed by atoms with Gasteiger partial charge >= 0.3 is 11.8 Å². The minimum atomic E-state index is -1.28. The van der Waals surface area contributed by atoms with Crippen LogP contribution in [0.5, 0.6) is 5.75 Å². The van der Waals surface area contributed by atoms with E-state index in [-0.39, 0.29) is 113 Å². The number of hydrogen-bond acceptors (Lipinski definition) is 16. The molecule has 0 bridgehead atoms. The summed E-state index contributed by atoms with van der Waals surface area (Å²) < 4.78 is 31.0. The first-order chi connectivity index (χ1) is 49.8. The second kappa shape index (κ2) is 34.0. The van der Waals surface area contributed by atoms with E-state index in [1.807, 2.05) is 77.1 Å². The third-order valence-corrected chi connectivity index (χ3v) is 22.1. The van der Waals surface area contributed by atoms with E-state index in [9.17, 15) is 57.8 Å². The van der Waals surface area contributed by atoms with E-state index in [1.165, 1.54) is 25.0 Å². The molecule has 0 radical (unpaired) electrons. The molecule has 568 valence electrons. The summed E-state index contributed by atoms with van der Waals surface area (Å²) in [5.74, 6) is -4.34. The number of likely N-dealkylation sites (tertiary alicyclic amines) is 1. The van der Waals surface area contributed by atoms with Crippen LogP contribution < -0.4 is 42.7 Å². The maximum atomic E-state index is 16.3. The third kappa shape index (κ3) is 19.7. The molecular weight excluding hydrogens is 1370 g/mol. The lowest BCUT2D eigenvalue weighted by Crippen LogP contribution is -2.62. The Balaban J connectivity index is 0.698. The van der Waals surface area contributed by atoms with Crippen molar-refractivity contribution in [2.45, 2.75) is 237 Å². The highest BCUT2D eigenvalue weighted by atomic mass is 32.1. The zero-order valence-electron chi connectivity index (χ0n) is 61.8. The van der Waals surface area contributed by atoms with Crippen molar-refractivity contribution in [2.75, 3.05) is 26.2 Å². The van der Waals surface area contributed by atoms with Crippen LogP contribution in [0, 0.1) is 30.0 Å². The number of hydrogen-bond donors (Lipinski definition) is 7. The number of thiazole rings is 1. The van der Waals surface area contributed by atoms with E-state index in [0.29, 0.717) is 61.0 Å². The number of nitrogens with one attached hydrogen (secondary N) is 5. The smallest absolute Gasteiger partial charge is 0.408 e. The molecule has 1 unspecified atom stereocenters. The van der Waals surface area contributed by atoms with Crippen LogP contribution in [0.15, 0.2) is 71.0 Å². The van der Waals surface area contributed by atoms with Gasteiger partial charge in [-0.3, -0.25) is 57.6 Å². The van der Waals surface area contributed by atoms with Crippen LogP contribution in [-0.4, -0.2) is 167 Å². The van der Waals surface area contributed by atoms with Crippen molar-refractivity contribution >= 4 is 81.6 Å². The number of halogens is 1. The number of rotatable bonds is 26. The summed E-state index contributed by atoms with van der Waals surface area (Å²) in [6.45, 7) is 14.1. The number of β-amino-alcohol motifs (C(OH)–C–C–N with tert-alkyl or cyclic N) is 1. The van der Waals surface area contributed by atoms with Gasteiger partial charge in [0.05, 0.1) is 51.8 Å². The maximum absolute atomic E-state index is 16.3. The minimum absolute atomic E-state index is 0.0283. The fourth-order valence-corrected chi connectivity index (χ4v) is 16.2. The van der Waals surface area contributed by atoms with Crippen molar-refractivity contribution in [3.8, 4) is 16.2 Å². The van der Waals surface area contributed by atoms with E-state index in [0.717, 1.165) is 59.4 Å². The van der Waals surface area contributed by atoms with Gasteiger partial charge in [0, 0.05) is 58.3 Å². The topological polar surface area (TPSA) is 345 Å². The number of carbonyl (C=O) groups excluding carboxylic acids is 10. The molecule has 4 aliphatic heterocycles. The molecule has 28 heteroatoms. The normalized spacial score (nSPS) is 22.4. The quantitative estimate of drug-likeness (QED) is 0.0209.